The molecule has 0 radical (unpaired) electrons. The van der Waals surface area contributed by atoms with Crippen LogP contribution in [0.3, 0.4) is 0 Å². The van der Waals surface area contributed by atoms with Crippen molar-refractivity contribution in [2.45, 2.75) is 55.5 Å². The van der Waals surface area contributed by atoms with Crippen LogP contribution in [0.15, 0.2) is 71.6 Å². The third kappa shape index (κ3) is 8.80. The zero-order chi connectivity index (χ0) is 43.1. The van der Waals surface area contributed by atoms with Gasteiger partial charge in [-0.15, -0.1) is 0 Å². The predicted octanol–water partition coefficient (Wildman–Crippen LogP) is 6.85. The van der Waals surface area contributed by atoms with E-state index in [9.17, 15) is 31.7 Å². The van der Waals surface area contributed by atoms with Gasteiger partial charge >= 0.3 is 0 Å². The minimum Gasteiger partial charge on any atom is -0.493 e. The number of hydrogen-bond acceptors (Lipinski definition) is 12. The molecule has 1 unspecified atom stereocenters. The molecule has 2 heterocycles. The third-order valence-electron chi connectivity index (χ3n) is 10.9. The van der Waals surface area contributed by atoms with E-state index < -0.39 is 63.3 Å². The molecule has 59 heavy (non-hydrogen) atoms. The van der Waals surface area contributed by atoms with Crippen LogP contribution in [0.4, 0.5) is 11.4 Å². The van der Waals surface area contributed by atoms with Gasteiger partial charge in [0.15, 0.2) is 19.8 Å². The molecule has 1 atom stereocenters. The summed E-state index contributed by atoms with van der Waals surface area (Å²) in [6.07, 6.45) is 0. The molecule has 16 nitrogen and oxygen atoms in total. The summed E-state index contributed by atoms with van der Waals surface area (Å²) in [5, 5.41) is 13.4. The quantitative estimate of drug-likeness (QED) is 0.0344. The number of amides is 1. The maximum atomic E-state index is 14.5. The molecule has 316 valence electrons. The van der Waals surface area contributed by atoms with Gasteiger partial charge < -0.3 is 28.5 Å². The zero-order valence-corrected chi connectivity index (χ0v) is 36.7. The molecule has 0 spiro atoms. The zero-order valence-electron chi connectivity index (χ0n) is 34.1. The topological polar surface area (TPSA) is 206 Å². The summed E-state index contributed by atoms with van der Waals surface area (Å²) < 4.78 is 84.4. The van der Waals surface area contributed by atoms with Crippen LogP contribution < -0.4 is 23.8 Å². The number of benzene rings is 4. The maximum absolute atomic E-state index is 14.5. The van der Waals surface area contributed by atoms with E-state index in [1.165, 1.54) is 50.5 Å². The van der Waals surface area contributed by atoms with Gasteiger partial charge in [-0.1, -0.05) is 57.2 Å². The number of carbonyl (C=O) groups excluding carboxylic acids is 1. The van der Waals surface area contributed by atoms with Crippen molar-refractivity contribution in [3.63, 3.8) is 0 Å². The number of nitrogens with one attached hydrogen (secondary N) is 2. The number of H-pyrrole nitrogens is 1. The molecule has 0 fully saturated rings. The minimum atomic E-state index is -4.16. The number of sulfonamides is 1. The van der Waals surface area contributed by atoms with Crippen molar-refractivity contribution in [3.05, 3.63) is 93.7 Å². The predicted molar refractivity (Wildman–Crippen MR) is 226 cm³/mol. The third-order valence-corrected chi connectivity index (χ3v) is 18.1. The molecule has 5 aromatic rings. The Labute approximate surface area is 344 Å². The highest BCUT2D eigenvalue weighted by Gasteiger charge is 2.40. The first kappa shape index (κ1) is 43.5. The van der Waals surface area contributed by atoms with Gasteiger partial charge in [0, 0.05) is 37.1 Å². The van der Waals surface area contributed by atoms with E-state index in [0.29, 0.717) is 33.5 Å². The van der Waals surface area contributed by atoms with Crippen LogP contribution >= 0.6 is 0 Å². The van der Waals surface area contributed by atoms with E-state index in [2.05, 4.69) is 43.6 Å². The maximum Gasteiger partial charge on any atom is 0.279 e. The molecule has 1 amide bonds. The van der Waals surface area contributed by atoms with Gasteiger partial charge in [-0.05, 0) is 58.9 Å². The lowest BCUT2D eigenvalue weighted by Gasteiger charge is -2.36. The summed E-state index contributed by atoms with van der Waals surface area (Å²) in [7, 11) is -6.10. The Hall–Kier alpha value is -5.05. The van der Waals surface area contributed by atoms with Crippen molar-refractivity contribution in [2.24, 2.45) is 0 Å². The average Bonchev–Trinajstić information content (AvgIpc) is 3.78. The Kier molecular flexibility index (Phi) is 12.2. The number of rotatable bonds is 16. The molecule has 0 bridgehead atoms. The van der Waals surface area contributed by atoms with Crippen LogP contribution in [0.2, 0.25) is 18.1 Å². The molecule has 4 aromatic carbocycles. The normalized spacial score (nSPS) is 14.8. The fraction of sp³-hybridized carbons (Fsp3) is 0.375. The summed E-state index contributed by atoms with van der Waals surface area (Å²) in [4.78, 5) is 30.7. The second-order valence-electron chi connectivity index (χ2n) is 15.7. The van der Waals surface area contributed by atoms with Crippen LogP contribution in [-0.4, -0.2) is 88.6 Å². The number of methoxy groups -OCH3 is 3. The Bertz CT molecular complexity index is 2640. The largest absolute Gasteiger partial charge is 0.493 e. The van der Waals surface area contributed by atoms with E-state index in [1.807, 2.05) is 0 Å². The number of aromatic amines is 1. The van der Waals surface area contributed by atoms with Crippen molar-refractivity contribution in [1.29, 1.82) is 0 Å². The van der Waals surface area contributed by atoms with Gasteiger partial charge in [0.2, 0.25) is 15.8 Å². The molecule has 0 aliphatic carbocycles. The summed E-state index contributed by atoms with van der Waals surface area (Å²) in [6, 6.07) is 16.9. The lowest BCUT2D eigenvalue weighted by Crippen LogP contribution is -2.42. The molecule has 0 saturated carbocycles. The molecule has 1 aromatic heterocycles. The Balaban J connectivity index is 1.41. The van der Waals surface area contributed by atoms with Crippen LogP contribution in [0.25, 0.3) is 21.7 Å². The molecular formula is C40H48N4O12S2Si. The molecular weight excluding hydrogens is 821 g/mol. The van der Waals surface area contributed by atoms with Crippen molar-refractivity contribution in [2.75, 3.05) is 52.5 Å². The standard InChI is InChI=1S/C40H48N4O12S2Si/c1-40(2,3)59(7,8)56-17-16-41-58(50,51)28-14-15-29-30(20-28)32(44(46)47)21-33-35(29)27(23-55-57(48,49)24-25-12-10-9-11-13-25)22-43(33)39(45)31-18-26-19-34(52-4)37(53-5)38(54-6)36(26)42-31/h9-15,18-21,27,41-42H,16-17,22-24H2,1-8H3. The number of anilines is 1. The number of nitro groups is 1. The van der Waals surface area contributed by atoms with Crippen LogP contribution in [0.1, 0.15) is 48.3 Å². The second-order valence-corrected chi connectivity index (χ2v) is 23.9. The van der Waals surface area contributed by atoms with Gasteiger partial charge in [0.1, 0.15) is 11.4 Å². The van der Waals surface area contributed by atoms with Gasteiger partial charge in [-0.25, -0.2) is 13.1 Å². The first-order valence-corrected chi connectivity index (χ1v) is 24.6. The average molecular weight is 869 g/mol. The highest BCUT2D eigenvalue weighted by molar-refractivity contribution is 7.89. The van der Waals surface area contributed by atoms with Gasteiger partial charge in [0.25, 0.3) is 21.7 Å². The number of nitro benzene ring substituents is 1. The number of non-ortho nitro benzene ring substituents is 1. The van der Waals surface area contributed by atoms with Gasteiger partial charge in [-0.3, -0.25) is 19.1 Å². The van der Waals surface area contributed by atoms with Gasteiger partial charge in [-0.2, -0.15) is 8.42 Å². The summed E-state index contributed by atoms with van der Waals surface area (Å²) in [5.74, 6) is -0.877. The summed E-state index contributed by atoms with van der Waals surface area (Å²) in [5.41, 5.74) is 1.09. The number of carbonyl (C=O) groups is 1. The molecule has 1 aliphatic heterocycles. The first-order chi connectivity index (χ1) is 27.7. The van der Waals surface area contributed by atoms with E-state index >= 15 is 0 Å². The van der Waals surface area contributed by atoms with Crippen LogP contribution in [0, 0.1) is 10.1 Å². The molecule has 2 N–H and O–H groups in total. The van der Waals surface area contributed by atoms with Gasteiger partial charge in [0.05, 0.1) is 54.3 Å². The van der Waals surface area contributed by atoms with E-state index in [4.69, 9.17) is 22.8 Å². The number of hydrogen-bond donors (Lipinski definition) is 2. The lowest BCUT2D eigenvalue weighted by molar-refractivity contribution is -0.383. The number of ether oxygens (including phenoxy) is 3. The van der Waals surface area contributed by atoms with E-state index in [1.54, 1.807) is 42.5 Å². The van der Waals surface area contributed by atoms with Crippen LogP contribution in [-0.2, 0) is 34.5 Å². The van der Waals surface area contributed by atoms with E-state index in [-0.39, 0.29) is 57.5 Å². The van der Waals surface area contributed by atoms with E-state index in [0.717, 1.165) is 0 Å². The van der Waals surface area contributed by atoms with Crippen molar-refractivity contribution in [3.8, 4) is 17.2 Å². The monoisotopic (exact) mass is 868 g/mol. The van der Waals surface area contributed by atoms with Crippen molar-refractivity contribution >= 4 is 67.4 Å². The highest BCUT2D eigenvalue weighted by atomic mass is 32.2. The number of aromatic nitrogens is 1. The number of nitrogens with zero attached hydrogens (tertiary/aromatic N) is 2. The second kappa shape index (κ2) is 16.5. The fourth-order valence-electron chi connectivity index (χ4n) is 6.89. The SMILES string of the molecule is COc1cc2cc(C(=O)N3CC(COS(=O)(=O)Cc4ccccc4)c4c3cc([N+](=O)[O-])c3cc(S(=O)(=O)NCCO[Si](C)(C)C(C)(C)C)ccc43)[nH]c2c(OC)c1OC. The first-order valence-electron chi connectivity index (χ1n) is 18.6. The Morgan fingerprint density at radius 3 is 2.27 bits per heavy atom. The molecule has 1 aliphatic rings. The minimum absolute atomic E-state index is 0.0184. The number of fused-ring (bicyclic) bond motifs is 4. The van der Waals surface area contributed by atoms with Crippen molar-refractivity contribution in [1.82, 2.24) is 9.71 Å². The summed E-state index contributed by atoms with van der Waals surface area (Å²) >= 11 is 0. The highest BCUT2D eigenvalue weighted by Crippen LogP contribution is 2.47. The molecule has 0 saturated heterocycles. The molecule has 6 rings (SSSR count). The fourth-order valence-corrected chi connectivity index (χ4v) is 10.0. The molecule has 19 heteroatoms. The Morgan fingerprint density at radius 1 is 0.949 bits per heavy atom. The van der Waals surface area contributed by atoms with Crippen LogP contribution in [0.5, 0.6) is 17.2 Å². The van der Waals surface area contributed by atoms with Crippen molar-refractivity contribution < 1.29 is 49.4 Å². The Morgan fingerprint density at radius 2 is 1.64 bits per heavy atom. The lowest BCUT2D eigenvalue weighted by atomic mass is 9.94. The smallest absolute Gasteiger partial charge is 0.279 e. The summed E-state index contributed by atoms with van der Waals surface area (Å²) in [6.45, 7) is 9.92.